The molecule has 2 heterocycles. The van der Waals surface area contributed by atoms with E-state index in [0.29, 0.717) is 22.7 Å². The maximum absolute atomic E-state index is 9.64. The van der Waals surface area contributed by atoms with Gasteiger partial charge in [-0.05, 0) is 12.1 Å². The quantitative estimate of drug-likeness (QED) is 0.379. The molecule has 0 saturated heterocycles. The average molecular weight is 369 g/mol. The highest BCUT2D eigenvalue weighted by Gasteiger charge is 2.19. The second-order valence-corrected chi connectivity index (χ2v) is 6.70. The van der Waals surface area contributed by atoms with Crippen molar-refractivity contribution < 1.29 is 0 Å². The van der Waals surface area contributed by atoms with Crippen LogP contribution in [0, 0.1) is 11.3 Å². The molecule has 0 bridgehead atoms. The van der Waals surface area contributed by atoms with Gasteiger partial charge in [0.25, 0.3) is 0 Å². The standard InChI is InChI=1S/C21H15N5S/c1-2-13-27-21-24-18-17(14-22)23-19(15-9-5-3-6-10-15)25-20(18)26(21)16-11-7-4-8-12-16/h2-12H,1,13H2. The highest BCUT2D eigenvalue weighted by molar-refractivity contribution is 7.99. The number of nitrogens with zero attached hydrogens (tertiary/aromatic N) is 5. The van der Waals surface area contributed by atoms with E-state index in [1.165, 1.54) is 0 Å². The van der Waals surface area contributed by atoms with Crippen LogP contribution in [0.5, 0.6) is 0 Å². The molecular formula is C21H15N5S. The number of hydrogen-bond donors (Lipinski definition) is 0. The van der Waals surface area contributed by atoms with Crippen LogP contribution >= 0.6 is 11.8 Å². The number of fused-ring (bicyclic) bond motifs is 1. The monoisotopic (exact) mass is 369 g/mol. The molecule has 6 heteroatoms. The predicted octanol–water partition coefficient (Wildman–Crippen LogP) is 4.63. The lowest BCUT2D eigenvalue weighted by atomic mass is 10.2. The molecule has 0 saturated carbocycles. The molecule has 0 spiro atoms. The summed E-state index contributed by atoms with van der Waals surface area (Å²) in [6.45, 7) is 3.78. The third-order valence-electron chi connectivity index (χ3n) is 3.96. The smallest absolute Gasteiger partial charge is 0.175 e. The lowest BCUT2D eigenvalue weighted by Gasteiger charge is -2.08. The van der Waals surface area contributed by atoms with Crippen LogP contribution in [0.4, 0.5) is 0 Å². The summed E-state index contributed by atoms with van der Waals surface area (Å²) in [6, 6.07) is 21.7. The zero-order valence-corrected chi connectivity index (χ0v) is 15.2. The molecule has 2 aromatic carbocycles. The summed E-state index contributed by atoms with van der Waals surface area (Å²) in [5.41, 5.74) is 3.20. The van der Waals surface area contributed by atoms with Gasteiger partial charge in [0.05, 0.1) is 0 Å². The molecule has 0 aliphatic heterocycles. The third-order valence-corrected chi connectivity index (χ3v) is 4.89. The van der Waals surface area contributed by atoms with E-state index in [1.807, 2.05) is 71.3 Å². The SMILES string of the molecule is C=CCSc1nc2c(C#N)nc(-c3ccccc3)nc2n1-c1ccccc1. The normalized spacial score (nSPS) is 10.6. The second kappa shape index (κ2) is 7.44. The molecule has 0 unspecified atom stereocenters. The van der Waals surface area contributed by atoms with E-state index in [9.17, 15) is 5.26 Å². The number of rotatable bonds is 5. The van der Waals surface area contributed by atoms with E-state index in [4.69, 9.17) is 4.98 Å². The first kappa shape index (κ1) is 17.0. The molecular weight excluding hydrogens is 354 g/mol. The maximum Gasteiger partial charge on any atom is 0.175 e. The van der Waals surface area contributed by atoms with Gasteiger partial charge in [0.1, 0.15) is 11.6 Å². The first-order valence-corrected chi connectivity index (χ1v) is 9.35. The summed E-state index contributed by atoms with van der Waals surface area (Å²) in [7, 11) is 0. The van der Waals surface area contributed by atoms with Crippen molar-refractivity contribution in [3.8, 4) is 23.1 Å². The van der Waals surface area contributed by atoms with Gasteiger partial charge >= 0.3 is 0 Å². The number of hydrogen-bond acceptors (Lipinski definition) is 5. The van der Waals surface area contributed by atoms with Gasteiger partial charge in [-0.2, -0.15) is 5.26 Å². The van der Waals surface area contributed by atoms with E-state index in [-0.39, 0.29) is 5.69 Å². The van der Waals surface area contributed by atoms with E-state index < -0.39 is 0 Å². The third kappa shape index (κ3) is 3.21. The molecule has 27 heavy (non-hydrogen) atoms. The van der Waals surface area contributed by atoms with Gasteiger partial charge in [-0.3, -0.25) is 4.57 Å². The Hall–Kier alpha value is -3.43. The molecule has 0 fully saturated rings. The van der Waals surface area contributed by atoms with E-state index >= 15 is 0 Å². The highest BCUT2D eigenvalue weighted by atomic mass is 32.2. The fourth-order valence-electron chi connectivity index (χ4n) is 2.77. The van der Waals surface area contributed by atoms with E-state index in [2.05, 4.69) is 22.6 Å². The predicted molar refractivity (Wildman–Crippen MR) is 108 cm³/mol. The molecule has 0 aliphatic carbocycles. The topological polar surface area (TPSA) is 67.4 Å². The molecule has 4 aromatic rings. The van der Waals surface area contributed by atoms with Gasteiger partial charge < -0.3 is 0 Å². The van der Waals surface area contributed by atoms with Gasteiger partial charge in [0.2, 0.25) is 0 Å². The largest absolute Gasteiger partial charge is 0.271 e. The Labute approximate surface area is 161 Å². The number of benzene rings is 2. The summed E-state index contributed by atoms with van der Waals surface area (Å²) in [4.78, 5) is 13.9. The summed E-state index contributed by atoms with van der Waals surface area (Å²) in [5, 5.41) is 10.4. The van der Waals surface area contributed by atoms with Crippen LogP contribution in [0.3, 0.4) is 0 Å². The minimum atomic E-state index is 0.272. The Morgan fingerprint density at radius 3 is 2.37 bits per heavy atom. The fourth-order valence-corrected chi connectivity index (χ4v) is 3.52. The molecule has 0 aliphatic rings. The first-order chi connectivity index (χ1) is 13.3. The highest BCUT2D eigenvalue weighted by Crippen LogP contribution is 2.29. The van der Waals surface area contributed by atoms with Gasteiger partial charge in [0, 0.05) is 17.0 Å². The van der Waals surface area contributed by atoms with Crippen molar-refractivity contribution in [3.05, 3.63) is 79.0 Å². The Bertz CT molecular complexity index is 1140. The average Bonchev–Trinajstić information content (AvgIpc) is 3.11. The fraction of sp³-hybridized carbons (Fsp3) is 0.0476. The lowest BCUT2D eigenvalue weighted by Crippen LogP contribution is -2.00. The van der Waals surface area contributed by atoms with Crippen LogP contribution in [0.2, 0.25) is 0 Å². The van der Waals surface area contributed by atoms with Crippen LogP contribution in [-0.2, 0) is 0 Å². The summed E-state index contributed by atoms with van der Waals surface area (Å²) in [5.74, 6) is 1.22. The zero-order valence-electron chi connectivity index (χ0n) is 14.4. The Morgan fingerprint density at radius 1 is 1.00 bits per heavy atom. The van der Waals surface area contributed by atoms with Gasteiger partial charge in [-0.15, -0.1) is 6.58 Å². The Kier molecular flexibility index (Phi) is 4.69. The first-order valence-electron chi connectivity index (χ1n) is 8.37. The van der Waals surface area contributed by atoms with Crippen LogP contribution in [-0.4, -0.2) is 25.3 Å². The molecule has 0 amide bonds. The van der Waals surface area contributed by atoms with Gasteiger partial charge in [-0.25, -0.2) is 15.0 Å². The summed E-state index contributed by atoms with van der Waals surface area (Å²) >= 11 is 1.55. The molecule has 130 valence electrons. The Morgan fingerprint density at radius 2 is 1.70 bits per heavy atom. The van der Waals surface area contributed by atoms with Crippen molar-refractivity contribution in [1.29, 1.82) is 5.26 Å². The van der Waals surface area contributed by atoms with Gasteiger partial charge in [-0.1, -0.05) is 66.4 Å². The van der Waals surface area contributed by atoms with Crippen LogP contribution in [0.1, 0.15) is 5.69 Å². The van der Waals surface area contributed by atoms with Crippen LogP contribution in [0.15, 0.2) is 78.5 Å². The molecule has 0 radical (unpaired) electrons. The van der Waals surface area contributed by atoms with E-state index in [0.717, 1.165) is 16.4 Å². The van der Waals surface area contributed by atoms with Crippen molar-refractivity contribution in [2.45, 2.75) is 5.16 Å². The zero-order chi connectivity index (χ0) is 18.6. The van der Waals surface area contributed by atoms with Crippen LogP contribution < -0.4 is 0 Å². The number of para-hydroxylation sites is 1. The molecule has 0 atom stereocenters. The number of imidazole rings is 1. The number of thioether (sulfide) groups is 1. The number of nitriles is 1. The van der Waals surface area contributed by atoms with Crippen molar-refractivity contribution >= 4 is 22.9 Å². The van der Waals surface area contributed by atoms with Crippen molar-refractivity contribution in [3.63, 3.8) is 0 Å². The second-order valence-electron chi connectivity index (χ2n) is 5.71. The maximum atomic E-state index is 9.64. The summed E-state index contributed by atoms with van der Waals surface area (Å²) < 4.78 is 1.97. The molecule has 5 nitrogen and oxygen atoms in total. The lowest BCUT2D eigenvalue weighted by molar-refractivity contribution is 0.910. The minimum absolute atomic E-state index is 0.272. The van der Waals surface area contributed by atoms with Crippen molar-refractivity contribution in [2.75, 3.05) is 5.75 Å². The Balaban J connectivity index is 2.02. The van der Waals surface area contributed by atoms with Crippen LogP contribution in [0.25, 0.3) is 28.2 Å². The molecule has 0 N–H and O–H groups in total. The number of aromatic nitrogens is 4. The molecule has 4 rings (SSSR count). The van der Waals surface area contributed by atoms with Crippen molar-refractivity contribution in [2.24, 2.45) is 0 Å². The summed E-state index contributed by atoms with van der Waals surface area (Å²) in [6.07, 6.45) is 1.83. The molecule has 2 aromatic heterocycles. The van der Waals surface area contributed by atoms with Crippen molar-refractivity contribution in [1.82, 2.24) is 19.5 Å². The van der Waals surface area contributed by atoms with E-state index in [1.54, 1.807) is 11.8 Å². The van der Waals surface area contributed by atoms with Gasteiger partial charge in [0.15, 0.2) is 22.3 Å². The minimum Gasteiger partial charge on any atom is -0.271 e.